The molecule has 182 valence electrons. The van der Waals surface area contributed by atoms with Crippen molar-refractivity contribution in [3.8, 4) is 0 Å². The number of benzene rings is 1. The first-order valence-corrected chi connectivity index (χ1v) is 12.6. The molecule has 2 heterocycles. The lowest BCUT2D eigenvalue weighted by Crippen LogP contribution is -2.37. The predicted molar refractivity (Wildman–Crippen MR) is 134 cm³/mol. The molecule has 8 heteroatoms. The summed E-state index contributed by atoms with van der Waals surface area (Å²) in [5.74, 6) is 0.747. The van der Waals surface area contributed by atoms with E-state index in [4.69, 9.17) is 27.9 Å². The first kappa shape index (κ1) is 26.0. The molecule has 2 aliphatic rings. The average molecular weight is 496 g/mol. The molecule has 1 aromatic carbocycles. The van der Waals surface area contributed by atoms with Crippen LogP contribution in [0.2, 0.25) is 10.0 Å². The van der Waals surface area contributed by atoms with Crippen LogP contribution in [0.5, 0.6) is 0 Å². The van der Waals surface area contributed by atoms with Crippen LogP contribution in [0, 0.1) is 5.92 Å². The molecule has 2 saturated heterocycles. The van der Waals surface area contributed by atoms with Gasteiger partial charge < -0.3 is 19.4 Å². The maximum absolute atomic E-state index is 12.6. The zero-order valence-corrected chi connectivity index (χ0v) is 21.0. The summed E-state index contributed by atoms with van der Waals surface area (Å²) in [6.07, 6.45) is 8.15. The fraction of sp³-hybridized carbons (Fsp3) is 0.600. The minimum atomic E-state index is -0.0902. The molecule has 0 unspecified atom stereocenters. The highest BCUT2D eigenvalue weighted by molar-refractivity contribution is 6.42. The Balaban J connectivity index is 1.38. The Bertz CT molecular complexity index is 825. The van der Waals surface area contributed by atoms with Crippen LogP contribution in [0.4, 0.5) is 0 Å². The summed E-state index contributed by atoms with van der Waals surface area (Å²) in [5.41, 5.74) is 0.813. The second kappa shape index (κ2) is 13.3. The Kier molecular flexibility index (Phi) is 10.5. The van der Waals surface area contributed by atoms with Gasteiger partial charge in [0.15, 0.2) is 0 Å². The van der Waals surface area contributed by atoms with Crippen LogP contribution < -0.4 is 0 Å². The fourth-order valence-corrected chi connectivity index (χ4v) is 4.77. The smallest absolute Gasteiger partial charge is 0.246 e. The first-order valence-electron chi connectivity index (χ1n) is 11.9. The lowest BCUT2D eigenvalue weighted by Gasteiger charge is -2.31. The van der Waals surface area contributed by atoms with Crippen LogP contribution in [0.3, 0.4) is 0 Å². The first-order chi connectivity index (χ1) is 16.0. The average Bonchev–Trinajstić information content (AvgIpc) is 3.00. The summed E-state index contributed by atoms with van der Waals surface area (Å²) < 4.78 is 5.27. The van der Waals surface area contributed by atoms with E-state index in [0.29, 0.717) is 42.0 Å². The van der Waals surface area contributed by atoms with Gasteiger partial charge in [0.1, 0.15) is 0 Å². The Labute approximate surface area is 207 Å². The Morgan fingerprint density at radius 2 is 1.82 bits per heavy atom. The Morgan fingerprint density at radius 1 is 1.06 bits per heavy atom. The number of hydrogen-bond acceptors (Lipinski definition) is 4. The molecular formula is C25H35Cl2N3O3. The summed E-state index contributed by atoms with van der Waals surface area (Å²) in [4.78, 5) is 31.4. The minimum absolute atomic E-state index is 0.0902. The van der Waals surface area contributed by atoms with Gasteiger partial charge >= 0.3 is 0 Å². The fourth-order valence-electron chi connectivity index (χ4n) is 4.46. The summed E-state index contributed by atoms with van der Waals surface area (Å²) in [5, 5.41) is 0.941. The molecule has 0 atom stereocenters. The van der Waals surface area contributed by atoms with Crippen molar-refractivity contribution in [2.45, 2.75) is 32.1 Å². The Morgan fingerprint density at radius 3 is 2.55 bits per heavy atom. The number of carbonyl (C=O) groups is 2. The second-order valence-corrected chi connectivity index (χ2v) is 9.72. The van der Waals surface area contributed by atoms with Crippen LogP contribution in [-0.4, -0.2) is 86.0 Å². The summed E-state index contributed by atoms with van der Waals surface area (Å²) in [6.45, 7) is 6.61. The largest absolute Gasteiger partial charge is 0.384 e. The number of rotatable bonds is 9. The lowest BCUT2D eigenvalue weighted by atomic mass is 9.97. The number of carbonyl (C=O) groups excluding carboxylic acids is 2. The molecule has 0 saturated carbocycles. The number of ether oxygens (including phenoxy) is 1. The van der Waals surface area contributed by atoms with Crippen molar-refractivity contribution in [3.05, 3.63) is 39.9 Å². The molecule has 2 aliphatic heterocycles. The van der Waals surface area contributed by atoms with Gasteiger partial charge in [0.25, 0.3) is 0 Å². The highest BCUT2D eigenvalue weighted by Crippen LogP contribution is 2.23. The van der Waals surface area contributed by atoms with Crippen LogP contribution >= 0.6 is 23.2 Å². The van der Waals surface area contributed by atoms with Gasteiger partial charge in [-0.25, -0.2) is 0 Å². The zero-order valence-electron chi connectivity index (χ0n) is 19.5. The maximum atomic E-state index is 12.6. The van der Waals surface area contributed by atoms with E-state index in [1.54, 1.807) is 30.2 Å². The molecular weight excluding hydrogens is 461 g/mol. The van der Waals surface area contributed by atoms with Gasteiger partial charge in [-0.1, -0.05) is 29.3 Å². The van der Waals surface area contributed by atoms with Gasteiger partial charge in [0.05, 0.1) is 10.0 Å². The second-order valence-electron chi connectivity index (χ2n) is 8.91. The number of unbranched alkanes of at least 4 members (excludes halogenated alkanes) is 1. The third-order valence-corrected chi connectivity index (χ3v) is 7.26. The number of amides is 2. The van der Waals surface area contributed by atoms with Crippen LogP contribution in [0.15, 0.2) is 24.3 Å². The van der Waals surface area contributed by atoms with E-state index < -0.39 is 0 Å². The molecule has 0 aliphatic carbocycles. The van der Waals surface area contributed by atoms with Gasteiger partial charge in [-0.3, -0.25) is 9.59 Å². The molecule has 0 aromatic heterocycles. The topological polar surface area (TPSA) is 53.1 Å². The molecule has 0 bridgehead atoms. The van der Waals surface area contributed by atoms with E-state index in [-0.39, 0.29) is 11.8 Å². The number of likely N-dealkylation sites (tertiary alicyclic amines) is 1. The van der Waals surface area contributed by atoms with E-state index in [9.17, 15) is 9.59 Å². The van der Waals surface area contributed by atoms with Crippen molar-refractivity contribution >= 4 is 41.1 Å². The molecule has 0 spiro atoms. The highest BCUT2D eigenvalue weighted by Gasteiger charge is 2.23. The molecule has 33 heavy (non-hydrogen) atoms. The van der Waals surface area contributed by atoms with E-state index in [2.05, 4.69) is 4.90 Å². The molecule has 3 rings (SSSR count). The van der Waals surface area contributed by atoms with Crippen LogP contribution in [-0.2, 0) is 14.3 Å². The number of hydrogen-bond donors (Lipinski definition) is 0. The number of nitrogens with zero attached hydrogens (tertiary/aromatic N) is 3. The monoisotopic (exact) mass is 495 g/mol. The van der Waals surface area contributed by atoms with E-state index >= 15 is 0 Å². The van der Waals surface area contributed by atoms with Gasteiger partial charge in [-0.15, -0.1) is 0 Å². The van der Waals surface area contributed by atoms with Crippen LogP contribution in [0.25, 0.3) is 6.08 Å². The Hall–Kier alpha value is -1.60. The van der Waals surface area contributed by atoms with E-state index in [1.807, 2.05) is 11.0 Å². The van der Waals surface area contributed by atoms with Gasteiger partial charge in [-0.05, 0) is 75.0 Å². The highest BCUT2D eigenvalue weighted by atomic mass is 35.5. The number of methoxy groups -OCH3 is 1. The number of piperidine rings is 1. The quantitative estimate of drug-likeness (QED) is 0.380. The molecule has 6 nitrogen and oxygen atoms in total. The third-order valence-electron chi connectivity index (χ3n) is 6.52. The van der Waals surface area contributed by atoms with Gasteiger partial charge in [-0.2, -0.15) is 0 Å². The van der Waals surface area contributed by atoms with Gasteiger partial charge in [0, 0.05) is 52.4 Å². The summed E-state index contributed by atoms with van der Waals surface area (Å²) in [7, 11) is 1.78. The standard InChI is InChI=1S/C25H35Cl2N3O3/c1-33-19-21-8-13-28(14-9-21)11-2-3-12-29-16-17-30(15-10-25(29)32)24(31)7-5-20-4-6-22(26)23(27)18-20/h4-7,18,21H,2-3,8-17,19H2,1H3. The van der Waals surface area contributed by atoms with Gasteiger partial charge in [0.2, 0.25) is 11.8 Å². The van der Waals surface area contributed by atoms with Crippen molar-refractivity contribution in [1.82, 2.24) is 14.7 Å². The van der Waals surface area contributed by atoms with Crippen molar-refractivity contribution in [2.75, 3.05) is 59.5 Å². The van der Waals surface area contributed by atoms with Crippen molar-refractivity contribution in [2.24, 2.45) is 5.92 Å². The van der Waals surface area contributed by atoms with E-state index in [1.165, 1.54) is 18.9 Å². The van der Waals surface area contributed by atoms with Crippen molar-refractivity contribution < 1.29 is 14.3 Å². The minimum Gasteiger partial charge on any atom is -0.384 e. The van der Waals surface area contributed by atoms with E-state index in [0.717, 1.165) is 51.2 Å². The third kappa shape index (κ3) is 8.29. The number of halogens is 2. The zero-order chi connectivity index (χ0) is 23.6. The lowest BCUT2D eigenvalue weighted by molar-refractivity contribution is -0.130. The molecule has 0 radical (unpaired) electrons. The normalized spacial score (nSPS) is 18.8. The van der Waals surface area contributed by atoms with Crippen molar-refractivity contribution in [1.29, 1.82) is 0 Å². The predicted octanol–water partition coefficient (Wildman–Crippen LogP) is 4.21. The maximum Gasteiger partial charge on any atom is 0.246 e. The summed E-state index contributed by atoms with van der Waals surface area (Å²) in [6, 6.07) is 5.25. The SMILES string of the molecule is COCC1CCN(CCCCN2CCN(C(=O)C=Cc3ccc(Cl)c(Cl)c3)CCC2=O)CC1. The molecule has 0 N–H and O–H groups in total. The molecule has 1 aromatic rings. The van der Waals surface area contributed by atoms with Crippen LogP contribution in [0.1, 0.15) is 37.7 Å². The molecule has 2 fully saturated rings. The molecule has 2 amide bonds. The van der Waals surface area contributed by atoms with Crippen molar-refractivity contribution in [3.63, 3.8) is 0 Å². The summed E-state index contributed by atoms with van der Waals surface area (Å²) >= 11 is 12.0.